The maximum absolute atomic E-state index is 13.1. The molecule has 2 saturated heterocycles. The van der Waals surface area contributed by atoms with Crippen molar-refractivity contribution in [1.29, 1.82) is 0 Å². The van der Waals surface area contributed by atoms with Gasteiger partial charge in [0.2, 0.25) is 23.0 Å². The molecular formula is C18H20N8O7S4. The number of nitrogens with zero attached hydrogens (tertiary/aromatic N) is 6. The zero-order valence-electron chi connectivity index (χ0n) is 19.2. The van der Waals surface area contributed by atoms with Gasteiger partial charge in [0.25, 0.3) is 5.91 Å². The topological polar surface area (TPSA) is 223 Å². The third-order valence-electron chi connectivity index (χ3n) is 5.45. The molecule has 19 heteroatoms. The van der Waals surface area contributed by atoms with Gasteiger partial charge >= 0.3 is 11.9 Å². The number of nitrogens with one attached hydrogen (secondary N) is 1. The van der Waals surface area contributed by atoms with Gasteiger partial charge in [-0.05, 0) is 13.8 Å². The van der Waals surface area contributed by atoms with E-state index < -0.39 is 51.9 Å². The maximum Gasteiger partial charge on any atom is 0.350 e. The third-order valence-corrected chi connectivity index (χ3v) is 9.73. The van der Waals surface area contributed by atoms with Crippen molar-refractivity contribution in [1.82, 2.24) is 29.8 Å². The van der Waals surface area contributed by atoms with Gasteiger partial charge in [-0.2, -0.15) is 9.36 Å². The smallest absolute Gasteiger partial charge is 0.350 e. The van der Waals surface area contributed by atoms with Crippen LogP contribution in [0, 0.1) is 5.41 Å². The number of aromatic nitrogens is 4. The Balaban J connectivity index is 1.46. The summed E-state index contributed by atoms with van der Waals surface area (Å²) in [5.74, 6) is -3.49. The van der Waals surface area contributed by atoms with Crippen LogP contribution in [0.4, 0.5) is 5.13 Å². The number of thioether (sulfide) groups is 2. The zero-order valence-corrected chi connectivity index (χ0v) is 22.4. The van der Waals surface area contributed by atoms with E-state index in [1.807, 2.05) is 0 Å². The molecule has 2 amide bonds. The van der Waals surface area contributed by atoms with Crippen molar-refractivity contribution >= 4 is 81.0 Å². The minimum absolute atomic E-state index is 0.0297. The molecule has 2 unspecified atom stereocenters. The van der Waals surface area contributed by atoms with Crippen LogP contribution in [-0.2, 0) is 24.0 Å². The fourth-order valence-corrected chi connectivity index (χ4v) is 7.04. The second-order valence-electron chi connectivity index (χ2n) is 8.50. The average Bonchev–Trinajstić information content (AvgIpc) is 3.52. The Bertz CT molecular complexity index is 1250. The summed E-state index contributed by atoms with van der Waals surface area (Å²) in [5.41, 5.74) is 3.73. The van der Waals surface area contributed by atoms with Crippen LogP contribution >= 0.6 is 46.4 Å². The molecular weight excluding hydrogens is 569 g/mol. The normalized spacial score (nSPS) is 23.7. The molecule has 0 bridgehead atoms. The number of aliphatic carboxylic acids is 2. The fraction of sp³-hybridized carbons (Fsp3) is 0.500. The summed E-state index contributed by atoms with van der Waals surface area (Å²) in [6, 6.07) is -0.964. The van der Waals surface area contributed by atoms with E-state index >= 15 is 0 Å². The molecule has 0 radical (unpaired) electrons. The van der Waals surface area contributed by atoms with Crippen LogP contribution in [0.15, 0.2) is 15.0 Å². The number of amides is 2. The Labute approximate surface area is 225 Å². The number of anilines is 1. The van der Waals surface area contributed by atoms with E-state index in [0.717, 1.165) is 11.5 Å². The molecule has 0 aromatic carbocycles. The van der Waals surface area contributed by atoms with E-state index in [9.17, 15) is 29.4 Å². The summed E-state index contributed by atoms with van der Waals surface area (Å²) in [6.45, 7) is 2.44. The van der Waals surface area contributed by atoms with Gasteiger partial charge in [0, 0.05) is 29.6 Å². The van der Waals surface area contributed by atoms with Gasteiger partial charge in [0.15, 0.2) is 9.47 Å². The Morgan fingerprint density at radius 1 is 1.41 bits per heavy atom. The van der Waals surface area contributed by atoms with E-state index in [4.69, 9.17) is 10.6 Å². The standard InChI is InChI=1S/C18H20N8O7S4/c1-17(2,13(29)30)33-24-7(9-22-15(19)37-25-9)10(27)21-8-11(28)26-3-18(14(31)32,4-34-12(8)26)5-35-16-23-20-6-36-16/h6,8,12H,3-5H2,1-2H3,(H,21,27)(H,29,30)(H,31,32)(H2,19,22,25)/t8?,12-,18?/m1/s1. The average molecular weight is 589 g/mol. The quantitative estimate of drug-likeness (QED) is 0.122. The highest BCUT2D eigenvalue weighted by Crippen LogP contribution is 2.44. The Hall–Kier alpha value is -3.03. The maximum atomic E-state index is 13.1. The van der Waals surface area contributed by atoms with Crippen molar-refractivity contribution in [2.24, 2.45) is 10.6 Å². The molecule has 15 nitrogen and oxygen atoms in total. The second kappa shape index (κ2) is 10.4. The van der Waals surface area contributed by atoms with Crippen molar-refractivity contribution in [2.45, 2.75) is 35.2 Å². The number of rotatable bonds is 10. The molecule has 5 N–H and O–H groups in total. The molecule has 2 aromatic heterocycles. The van der Waals surface area contributed by atoms with Crippen LogP contribution in [-0.4, -0.2) is 99.2 Å². The van der Waals surface area contributed by atoms with Gasteiger partial charge in [0.05, 0.1) is 0 Å². The van der Waals surface area contributed by atoms with Crippen molar-refractivity contribution in [3.8, 4) is 0 Å². The van der Waals surface area contributed by atoms with Crippen LogP contribution in [0.3, 0.4) is 0 Å². The highest BCUT2D eigenvalue weighted by molar-refractivity contribution is 8.01. The third kappa shape index (κ3) is 5.48. The van der Waals surface area contributed by atoms with Gasteiger partial charge in [-0.1, -0.05) is 28.3 Å². The molecule has 0 aliphatic carbocycles. The largest absolute Gasteiger partial charge is 0.481 e. The highest BCUT2D eigenvalue weighted by Gasteiger charge is 2.57. The number of carboxylic acid groups (broad SMARTS) is 2. The number of fused-ring (bicyclic) bond motifs is 1. The van der Waals surface area contributed by atoms with Crippen molar-refractivity contribution in [3.63, 3.8) is 0 Å². The molecule has 3 atom stereocenters. The molecule has 2 aliphatic rings. The summed E-state index contributed by atoms with van der Waals surface area (Å²) in [7, 11) is 0. The molecule has 0 saturated carbocycles. The lowest BCUT2D eigenvalue weighted by Crippen LogP contribution is -2.74. The highest BCUT2D eigenvalue weighted by atomic mass is 32.2. The molecule has 2 aliphatic heterocycles. The Morgan fingerprint density at radius 3 is 2.76 bits per heavy atom. The zero-order chi connectivity index (χ0) is 27.0. The van der Waals surface area contributed by atoms with Crippen LogP contribution in [0.5, 0.6) is 0 Å². The number of hydrogen-bond donors (Lipinski definition) is 4. The first kappa shape index (κ1) is 27.0. The predicted molar refractivity (Wildman–Crippen MR) is 134 cm³/mol. The molecule has 37 heavy (non-hydrogen) atoms. The van der Waals surface area contributed by atoms with E-state index in [0.29, 0.717) is 4.34 Å². The number of oxime groups is 1. The van der Waals surface area contributed by atoms with Gasteiger partial charge in [-0.3, -0.25) is 14.4 Å². The lowest BCUT2D eigenvalue weighted by Gasteiger charge is -2.53. The van der Waals surface area contributed by atoms with Gasteiger partial charge in [0.1, 0.15) is 22.3 Å². The number of carbonyl (C=O) groups excluding carboxylic acids is 2. The van der Waals surface area contributed by atoms with Gasteiger partial charge in [-0.15, -0.1) is 22.0 Å². The summed E-state index contributed by atoms with van der Waals surface area (Å²) in [4.78, 5) is 59.9. The number of carbonyl (C=O) groups is 4. The minimum Gasteiger partial charge on any atom is -0.481 e. The first-order valence-electron chi connectivity index (χ1n) is 10.4. The summed E-state index contributed by atoms with van der Waals surface area (Å²) < 4.78 is 4.55. The number of hydrogen-bond acceptors (Lipinski definition) is 15. The van der Waals surface area contributed by atoms with Crippen molar-refractivity contribution in [2.75, 3.05) is 23.8 Å². The van der Waals surface area contributed by atoms with Crippen LogP contribution in [0.2, 0.25) is 0 Å². The molecule has 2 fully saturated rings. The van der Waals surface area contributed by atoms with Crippen LogP contribution in [0.1, 0.15) is 19.7 Å². The van der Waals surface area contributed by atoms with Gasteiger partial charge in [-0.25, -0.2) is 4.79 Å². The van der Waals surface area contributed by atoms with E-state index in [2.05, 4.69) is 30.0 Å². The molecule has 198 valence electrons. The lowest BCUT2D eigenvalue weighted by molar-refractivity contribution is -0.161. The molecule has 4 rings (SSSR count). The van der Waals surface area contributed by atoms with Crippen molar-refractivity contribution in [3.05, 3.63) is 11.3 Å². The Morgan fingerprint density at radius 2 is 2.16 bits per heavy atom. The predicted octanol–water partition coefficient (Wildman–Crippen LogP) is -0.181. The first-order valence-corrected chi connectivity index (χ1v) is 14.1. The van der Waals surface area contributed by atoms with Crippen LogP contribution in [0.25, 0.3) is 0 Å². The summed E-state index contributed by atoms with van der Waals surface area (Å²) in [5, 5.41) is 32.6. The van der Waals surface area contributed by atoms with E-state index in [-0.39, 0.29) is 29.0 Å². The van der Waals surface area contributed by atoms with Gasteiger partial charge < -0.3 is 31.0 Å². The van der Waals surface area contributed by atoms with E-state index in [1.54, 1.807) is 5.51 Å². The summed E-state index contributed by atoms with van der Waals surface area (Å²) >= 11 is 4.59. The fourth-order valence-electron chi connectivity index (χ4n) is 3.26. The summed E-state index contributed by atoms with van der Waals surface area (Å²) in [6.07, 6.45) is 0. The number of β-lactam (4-membered cyclic amide) rings is 1. The van der Waals surface area contributed by atoms with Crippen LogP contribution < -0.4 is 11.1 Å². The Kier molecular flexibility index (Phi) is 7.58. The SMILES string of the molecule is CC(C)(ON=C(C(=O)NC1C(=O)N2CC(CSc3nncs3)(C(=O)O)CS[C@H]12)c1nsc(N)n1)C(=O)O. The van der Waals surface area contributed by atoms with E-state index in [1.165, 1.54) is 53.6 Å². The number of nitrogen functional groups attached to an aromatic ring is 1. The number of carboxylic acids is 2. The minimum atomic E-state index is -1.76. The monoisotopic (exact) mass is 588 g/mol. The lowest BCUT2D eigenvalue weighted by atomic mass is 9.89. The molecule has 4 heterocycles. The molecule has 0 spiro atoms. The van der Waals surface area contributed by atoms with Crippen molar-refractivity contribution < 1.29 is 34.2 Å². The first-order chi connectivity index (χ1) is 17.4. The molecule has 2 aromatic rings. The number of nitrogens with two attached hydrogens (primary N) is 1. The second-order valence-corrected chi connectivity index (χ2v) is 12.4.